The Balaban J connectivity index is 2.73. The van der Waals surface area contributed by atoms with Crippen LogP contribution in [0.3, 0.4) is 0 Å². The van der Waals surface area contributed by atoms with E-state index < -0.39 is 12.1 Å². The van der Waals surface area contributed by atoms with Crippen LogP contribution in [0.15, 0.2) is 11.5 Å². The first-order valence-corrected chi connectivity index (χ1v) is 3.76. The summed E-state index contributed by atoms with van der Waals surface area (Å²) in [7, 11) is 0. The van der Waals surface area contributed by atoms with Crippen LogP contribution in [0.5, 0.6) is 0 Å². The zero-order valence-corrected chi connectivity index (χ0v) is 7.33. The van der Waals surface area contributed by atoms with Crippen molar-refractivity contribution in [1.82, 2.24) is 0 Å². The largest absolute Gasteiger partial charge is 0.489 e. The Morgan fingerprint density at radius 3 is 2.58 bits per heavy atom. The molecule has 1 N–H and O–H groups in total. The SMILES string of the molecule is CC(=O)OC1=C(C)OC(C)C1O. The van der Waals surface area contributed by atoms with Gasteiger partial charge < -0.3 is 14.6 Å². The zero-order chi connectivity index (χ0) is 9.30. The van der Waals surface area contributed by atoms with Gasteiger partial charge in [-0.3, -0.25) is 4.79 Å². The molecule has 1 heterocycles. The Bertz CT molecular complexity index is 231. The van der Waals surface area contributed by atoms with E-state index in [9.17, 15) is 9.90 Å². The first kappa shape index (κ1) is 9.06. The lowest BCUT2D eigenvalue weighted by molar-refractivity contribution is -0.138. The van der Waals surface area contributed by atoms with Gasteiger partial charge in [0.1, 0.15) is 11.9 Å². The monoisotopic (exact) mass is 172 g/mol. The summed E-state index contributed by atoms with van der Waals surface area (Å²) in [6, 6.07) is 0. The van der Waals surface area contributed by atoms with E-state index >= 15 is 0 Å². The van der Waals surface area contributed by atoms with E-state index in [4.69, 9.17) is 9.47 Å². The fourth-order valence-electron chi connectivity index (χ4n) is 1.11. The molecule has 0 aromatic carbocycles. The number of allylic oxidation sites excluding steroid dienone is 1. The summed E-state index contributed by atoms with van der Waals surface area (Å²) in [5, 5.41) is 9.42. The second-order valence-corrected chi connectivity index (χ2v) is 2.78. The predicted octanol–water partition coefficient (Wildman–Crippen LogP) is 0.561. The number of rotatable bonds is 1. The molecule has 1 aliphatic heterocycles. The van der Waals surface area contributed by atoms with Crippen LogP contribution >= 0.6 is 0 Å². The molecular formula is C8H12O4. The van der Waals surface area contributed by atoms with Crippen molar-refractivity contribution in [2.45, 2.75) is 33.0 Å². The number of esters is 1. The minimum Gasteiger partial charge on any atom is -0.489 e. The van der Waals surface area contributed by atoms with E-state index in [2.05, 4.69) is 0 Å². The molecule has 0 spiro atoms. The highest BCUT2D eigenvalue weighted by molar-refractivity contribution is 5.67. The summed E-state index contributed by atoms with van der Waals surface area (Å²) in [5.41, 5.74) is 0. The maximum atomic E-state index is 10.6. The summed E-state index contributed by atoms with van der Waals surface area (Å²) in [5.74, 6) is 0.265. The Hall–Kier alpha value is -1.03. The van der Waals surface area contributed by atoms with Gasteiger partial charge in [-0.25, -0.2) is 0 Å². The minimum atomic E-state index is -0.825. The van der Waals surface area contributed by atoms with Crippen molar-refractivity contribution < 1.29 is 19.4 Å². The van der Waals surface area contributed by atoms with Crippen LogP contribution in [-0.4, -0.2) is 23.3 Å². The van der Waals surface area contributed by atoms with Gasteiger partial charge in [-0.15, -0.1) is 0 Å². The molecule has 0 amide bonds. The summed E-state index contributed by atoms with van der Waals surface area (Å²) >= 11 is 0. The van der Waals surface area contributed by atoms with Crippen molar-refractivity contribution in [3.05, 3.63) is 11.5 Å². The zero-order valence-electron chi connectivity index (χ0n) is 7.33. The first-order chi connectivity index (χ1) is 5.52. The number of aliphatic hydroxyl groups is 1. The standard InChI is InChI=1S/C8H12O4/c1-4-7(10)8(5(2)11-4)12-6(3)9/h4,7,10H,1-3H3. The molecule has 0 aromatic rings. The Morgan fingerprint density at radius 1 is 1.67 bits per heavy atom. The molecule has 4 heteroatoms. The fraction of sp³-hybridized carbons (Fsp3) is 0.625. The second-order valence-electron chi connectivity index (χ2n) is 2.78. The van der Waals surface area contributed by atoms with Gasteiger partial charge >= 0.3 is 5.97 Å². The lowest BCUT2D eigenvalue weighted by atomic mass is 10.2. The first-order valence-electron chi connectivity index (χ1n) is 3.76. The van der Waals surface area contributed by atoms with E-state index in [-0.39, 0.29) is 11.9 Å². The summed E-state index contributed by atoms with van der Waals surface area (Å²) in [6.45, 7) is 4.66. The molecule has 0 saturated heterocycles. The van der Waals surface area contributed by atoms with Crippen LogP contribution in [0.1, 0.15) is 20.8 Å². The average Bonchev–Trinajstić information content (AvgIpc) is 2.16. The van der Waals surface area contributed by atoms with Crippen molar-refractivity contribution in [3.63, 3.8) is 0 Å². The molecule has 0 aliphatic carbocycles. The number of carbonyl (C=O) groups excluding carboxylic acids is 1. The third-order valence-electron chi connectivity index (χ3n) is 1.68. The van der Waals surface area contributed by atoms with E-state index in [0.717, 1.165) is 0 Å². The Kier molecular flexibility index (Phi) is 2.38. The maximum Gasteiger partial charge on any atom is 0.307 e. The van der Waals surface area contributed by atoms with Gasteiger partial charge in [0.05, 0.1) is 0 Å². The average molecular weight is 172 g/mol. The highest BCUT2D eigenvalue weighted by Crippen LogP contribution is 2.25. The molecule has 0 saturated carbocycles. The van der Waals surface area contributed by atoms with E-state index in [0.29, 0.717) is 5.76 Å². The maximum absolute atomic E-state index is 10.6. The smallest absolute Gasteiger partial charge is 0.307 e. The number of ether oxygens (including phenoxy) is 2. The molecule has 68 valence electrons. The Labute approximate surface area is 70.8 Å². The van der Waals surface area contributed by atoms with Crippen molar-refractivity contribution in [2.24, 2.45) is 0 Å². The number of hydrogen-bond donors (Lipinski definition) is 1. The van der Waals surface area contributed by atoms with E-state index in [1.807, 2.05) is 0 Å². The van der Waals surface area contributed by atoms with Crippen molar-refractivity contribution in [3.8, 4) is 0 Å². The summed E-state index contributed by atoms with van der Waals surface area (Å²) in [6.07, 6.45) is -1.16. The van der Waals surface area contributed by atoms with Gasteiger partial charge in [0.2, 0.25) is 0 Å². The van der Waals surface area contributed by atoms with Gasteiger partial charge in [-0.05, 0) is 13.8 Å². The number of aliphatic hydroxyl groups excluding tert-OH is 1. The van der Waals surface area contributed by atoms with Gasteiger partial charge in [-0.1, -0.05) is 0 Å². The molecule has 12 heavy (non-hydrogen) atoms. The molecule has 4 nitrogen and oxygen atoms in total. The van der Waals surface area contributed by atoms with Crippen molar-refractivity contribution >= 4 is 5.97 Å². The fourth-order valence-corrected chi connectivity index (χ4v) is 1.11. The number of carbonyl (C=O) groups is 1. The molecule has 0 aromatic heterocycles. The van der Waals surface area contributed by atoms with Gasteiger partial charge in [0, 0.05) is 6.92 Å². The van der Waals surface area contributed by atoms with E-state index in [1.165, 1.54) is 6.92 Å². The van der Waals surface area contributed by atoms with Crippen LogP contribution in [0, 0.1) is 0 Å². The molecule has 0 radical (unpaired) electrons. The van der Waals surface area contributed by atoms with Crippen LogP contribution in [0.4, 0.5) is 0 Å². The highest BCUT2D eigenvalue weighted by atomic mass is 16.6. The highest BCUT2D eigenvalue weighted by Gasteiger charge is 2.32. The predicted molar refractivity (Wildman–Crippen MR) is 41.0 cm³/mol. The third-order valence-corrected chi connectivity index (χ3v) is 1.68. The molecule has 2 atom stereocenters. The van der Waals surface area contributed by atoms with E-state index in [1.54, 1.807) is 13.8 Å². The summed E-state index contributed by atoms with van der Waals surface area (Å²) < 4.78 is 9.91. The molecule has 2 unspecified atom stereocenters. The molecule has 0 fully saturated rings. The molecule has 1 rings (SSSR count). The quantitative estimate of drug-likeness (QED) is 0.587. The van der Waals surface area contributed by atoms with Crippen LogP contribution in [-0.2, 0) is 14.3 Å². The lowest BCUT2D eigenvalue weighted by Crippen LogP contribution is -2.22. The van der Waals surface area contributed by atoms with Crippen LogP contribution < -0.4 is 0 Å². The van der Waals surface area contributed by atoms with Crippen LogP contribution in [0.25, 0.3) is 0 Å². The molecule has 1 aliphatic rings. The molecular weight excluding hydrogens is 160 g/mol. The topological polar surface area (TPSA) is 55.8 Å². The van der Waals surface area contributed by atoms with Gasteiger partial charge in [-0.2, -0.15) is 0 Å². The van der Waals surface area contributed by atoms with Crippen molar-refractivity contribution in [2.75, 3.05) is 0 Å². The summed E-state index contributed by atoms with van der Waals surface area (Å²) in [4.78, 5) is 10.6. The minimum absolute atomic E-state index is 0.231. The number of hydrogen-bond acceptors (Lipinski definition) is 4. The van der Waals surface area contributed by atoms with Gasteiger partial charge in [0.25, 0.3) is 0 Å². The van der Waals surface area contributed by atoms with Gasteiger partial charge in [0.15, 0.2) is 11.9 Å². The third kappa shape index (κ3) is 1.58. The van der Waals surface area contributed by atoms with Crippen molar-refractivity contribution in [1.29, 1.82) is 0 Å². The second kappa shape index (κ2) is 3.15. The molecule has 0 bridgehead atoms. The van der Waals surface area contributed by atoms with Crippen LogP contribution in [0.2, 0.25) is 0 Å². The lowest BCUT2D eigenvalue weighted by Gasteiger charge is -2.09. The Morgan fingerprint density at radius 2 is 2.25 bits per heavy atom. The normalized spacial score (nSPS) is 28.7.